The van der Waals surface area contributed by atoms with Gasteiger partial charge in [0.05, 0.1) is 22.3 Å². The fourth-order valence-corrected chi connectivity index (χ4v) is 2.33. The monoisotopic (exact) mass is 321 g/mol. The summed E-state index contributed by atoms with van der Waals surface area (Å²) in [5.41, 5.74) is 0.718. The fourth-order valence-electron chi connectivity index (χ4n) is 1.63. The van der Waals surface area contributed by atoms with Crippen LogP contribution in [0.1, 0.15) is 5.56 Å². The summed E-state index contributed by atoms with van der Waals surface area (Å²) in [7, 11) is 1.39. The highest BCUT2D eigenvalue weighted by molar-refractivity contribution is 6.76. The van der Waals surface area contributed by atoms with E-state index in [2.05, 4.69) is 25.0 Å². The Morgan fingerprint density at radius 1 is 1.14 bits per heavy atom. The first-order valence-electron chi connectivity index (χ1n) is 6.99. The molecule has 1 aromatic rings. The summed E-state index contributed by atoms with van der Waals surface area (Å²) in [5.74, 6) is -0.353. The minimum Gasteiger partial charge on any atom is -0.497 e. The van der Waals surface area contributed by atoms with Gasteiger partial charge in [-0.25, -0.2) is 4.79 Å². The molecule has 0 aliphatic rings. The second-order valence-electron chi connectivity index (χ2n) is 6.07. The summed E-state index contributed by atoms with van der Waals surface area (Å²) < 4.78 is 9.78. The molecule has 1 rings (SSSR count). The van der Waals surface area contributed by atoms with Crippen molar-refractivity contribution in [2.75, 3.05) is 20.4 Å². The Morgan fingerprint density at radius 3 is 2.18 bits per heavy atom. The number of benzene rings is 1. The van der Waals surface area contributed by atoms with E-state index in [-0.39, 0.29) is 5.57 Å². The summed E-state index contributed by atoms with van der Waals surface area (Å²) in [6, 6.07) is 7.07. The molecule has 0 aromatic heterocycles. The van der Waals surface area contributed by atoms with Crippen molar-refractivity contribution < 1.29 is 19.1 Å². The number of rotatable bonds is 6. The Hall–Kier alpha value is -2.08. The minimum atomic E-state index is -1.44. The Labute approximate surface area is 132 Å². The summed E-state index contributed by atoms with van der Waals surface area (Å²) in [6.45, 7) is 6.41. The summed E-state index contributed by atoms with van der Waals surface area (Å²) >= 11 is 0. The number of carbonyl (C=O) groups is 2. The first-order valence-corrected chi connectivity index (χ1v) is 10.7. The number of amides is 1. The zero-order valence-corrected chi connectivity index (χ0v) is 14.7. The van der Waals surface area contributed by atoms with E-state index in [1.807, 2.05) is 0 Å². The van der Waals surface area contributed by atoms with Crippen molar-refractivity contribution in [2.45, 2.75) is 19.6 Å². The van der Waals surface area contributed by atoms with Crippen LogP contribution in [0.3, 0.4) is 0 Å². The van der Waals surface area contributed by atoms with Gasteiger partial charge >= 0.3 is 5.97 Å². The van der Waals surface area contributed by atoms with Gasteiger partial charge in [-0.05, 0) is 23.8 Å². The second-order valence-corrected chi connectivity index (χ2v) is 11.5. The molecule has 0 aliphatic carbocycles. The fraction of sp³-hybridized carbons (Fsp3) is 0.375. The Morgan fingerprint density at radius 2 is 1.73 bits per heavy atom. The number of esters is 1. The van der Waals surface area contributed by atoms with E-state index in [9.17, 15) is 9.59 Å². The van der Waals surface area contributed by atoms with E-state index in [1.54, 1.807) is 31.4 Å². The van der Waals surface area contributed by atoms with E-state index in [1.165, 1.54) is 13.2 Å². The quantitative estimate of drug-likeness (QED) is 0.287. The van der Waals surface area contributed by atoms with Crippen molar-refractivity contribution in [1.29, 1.82) is 0 Å². The average molecular weight is 321 g/mol. The molecule has 1 N–H and O–H groups in total. The molecule has 0 bridgehead atoms. The third-order valence-electron chi connectivity index (χ3n) is 2.86. The lowest BCUT2D eigenvalue weighted by Crippen LogP contribution is -2.41. The van der Waals surface area contributed by atoms with Crippen LogP contribution in [0.5, 0.6) is 5.75 Å². The lowest BCUT2D eigenvalue weighted by Gasteiger charge is -2.17. The van der Waals surface area contributed by atoms with Gasteiger partial charge < -0.3 is 14.8 Å². The predicted octanol–water partition coefficient (Wildman–Crippen LogP) is 2.25. The van der Waals surface area contributed by atoms with E-state index in [0.29, 0.717) is 11.9 Å². The van der Waals surface area contributed by atoms with Crippen LogP contribution in [0.4, 0.5) is 0 Å². The van der Waals surface area contributed by atoms with Gasteiger partial charge in [-0.3, -0.25) is 4.79 Å². The Bertz CT molecular complexity index is 559. The topological polar surface area (TPSA) is 64.6 Å². The van der Waals surface area contributed by atoms with Gasteiger partial charge in [0.1, 0.15) is 11.3 Å². The molecule has 0 saturated heterocycles. The van der Waals surface area contributed by atoms with E-state index in [0.717, 1.165) is 5.56 Å². The van der Waals surface area contributed by atoms with Crippen molar-refractivity contribution in [2.24, 2.45) is 0 Å². The van der Waals surface area contributed by atoms with Crippen LogP contribution < -0.4 is 10.1 Å². The van der Waals surface area contributed by atoms with Crippen LogP contribution in [0.2, 0.25) is 19.6 Å². The van der Waals surface area contributed by atoms with Crippen molar-refractivity contribution in [3.8, 4) is 5.75 Å². The van der Waals surface area contributed by atoms with Crippen LogP contribution in [0.15, 0.2) is 29.8 Å². The average Bonchev–Trinajstić information content (AvgIpc) is 2.49. The maximum absolute atomic E-state index is 12.2. The van der Waals surface area contributed by atoms with Gasteiger partial charge in [-0.15, -0.1) is 0 Å². The van der Waals surface area contributed by atoms with Gasteiger partial charge in [-0.2, -0.15) is 0 Å². The molecular formula is C16H23NO4Si. The minimum absolute atomic E-state index is 0.00841. The maximum atomic E-state index is 12.2. The van der Waals surface area contributed by atoms with Gasteiger partial charge in [0.25, 0.3) is 5.91 Å². The predicted molar refractivity (Wildman–Crippen MR) is 89.3 cm³/mol. The molecule has 0 fully saturated rings. The molecule has 0 aliphatic heterocycles. The number of carbonyl (C=O) groups excluding carboxylic acids is 2. The molecule has 120 valence electrons. The molecule has 0 heterocycles. The SMILES string of the molecule is COC(=O)C(=Cc1ccc(OC)cc1)C(=O)NC[Si](C)(C)C. The van der Waals surface area contributed by atoms with Gasteiger partial charge in [0.15, 0.2) is 0 Å². The second kappa shape index (κ2) is 7.79. The largest absolute Gasteiger partial charge is 0.497 e. The zero-order chi connectivity index (χ0) is 16.8. The molecule has 0 saturated carbocycles. The molecule has 0 radical (unpaired) electrons. The first-order chi connectivity index (χ1) is 10.3. The van der Waals surface area contributed by atoms with Crippen LogP contribution >= 0.6 is 0 Å². The van der Waals surface area contributed by atoms with Crippen LogP contribution in [-0.2, 0) is 14.3 Å². The number of methoxy groups -OCH3 is 2. The highest BCUT2D eigenvalue weighted by Gasteiger charge is 2.21. The molecule has 0 spiro atoms. The van der Waals surface area contributed by atoms with E-state index in [4.69, 9.17) is 9.47 Å². The van der Waals surface area contributed by atoms with Crippen molar-refractivity contribution in [3.63, 3.8) is 0 Å². The normalized spacial score (nSPS) is 11.8. The number of hydrogen-bond donors (Lipinski definition) is 1. The lowest BCUT2D eigenvalue weighted by atomic mass is 10.1. The summed E-state index contributed by atoms with van der Waals surface area (Å²) in [6.07, 6.45) is 2.12. The van der Waals surface area contributed by atoms with Crippen LogP contribution in [0, 0.1) is 0 Å². The molecule has 0 atom stereocenters. The van der Waals surface area contributed by atoms with E-state index >= 15 is 0 Å². The first kappa shape index (κ1) is 18.0. The van der Waals surface area contributed by atoms with Crippen molar-refractivity contribution in [3.05, 3.63) is 35.4 Å². The number of ether oxygens (including phenoxy) is 2. The van der Waals surface area contributed by atoms with Crippen molar-refractivity contribution in [1.82, 2.24) is 5.32 Å². The molecule has 22 heavy (non-hydrogen) atoms. The summed E-state index contributed by atoms with van der Waals surface area (Å²) in [4.78, 5) is 24.1. The van der Waals surface area contributed by atoms with Gasteiger partial charge in [0.2, 0.25) is 0 Å². The molecule has 1 amide bonds. The zero-order valence-electron chi connectivity index (χ0n) is 13.7. The molecule has 0 unspecified atom stereocenters. The number of nitrogens with one attached hydrogen (secondary N) is 1. The smallest absolute Gasteiger partial charge is 0.343 e. The molecule has 6 heteroatoms. The molecular weight excluding hydrogens is 298 g/mol. The molecule has 1 aromatic carbocycles. The van der Waals surface area contributed by atoms with Crippen LogP contribution in [0.25, 0.3) is 6.08 Å². The molecule has 5 nitrogen and oxygen atoms in total. The summed E-state index contributed by atoms with van der Waals surface area (Å²) in [5, 5.41) is 2.81. The third kappa shape index (κ3) is 5.73. The van der Waals surface area contributed by atoms with Crippen molar-refractivity contribution >= 4 is 26.0 Å². The van der Waals surface area contributed by atoms with E-state index < -0.39 is 20.0 Å². The third-order valence-corrected chi connectivity index (χ3v) is 4.09. The Kier molecular flexibility index (Phi) is 6.36. The Balaban J connectivity index is 2.98. The van der Waals surface area contributed by atoms with Crippen LogP contribution in [-0.4, -0.2) is 40.3 Å². The highest BCUT2D eigenvalue weighted by Crippen LogP contribution is 2.15. The number of hydrogen-bond acceptors (Lipinski definition) is 4. The highest BCUT2D eigenvalue weighted by atomic mass is 28.3. The standard InChI is InChI=1S/C16H23NO4Si/c1-20-13-8-6-12(7-9-13)10-14(16(19)21-2)15(18)17-11-22(3,4)5/h6-10H,11H2,1-5H3,(H,17,18). The maximum Gasteiger partial charge on any atom is 0.343 e. The van der Waals surface area contributed by atoms with Gasteiger partial charge in [0, 0.05) is 6.17 Å². The van der Waals surface area contributed by atoms with Gasteiger partial charge in [-0.1, -0.05) is 31.8 Å². The lowest BCUT2D eigenvalue weighted by molar-refractivity contribution is -0.137.